The maximum atomic E-state index is 11.5. The summed E-state index contributed by atoms with van der Waals surface area (Å²) in [6.45, 7) is 0. The molecule has 4 aromatic rings. The first-order chi connectivity index (χ1) is 14.6. The molecule has 2 aromatic heterocycles. The number of nitro groups is 2. The summed E-state index contributed by atoms with van der Waals surface area (Å²) >= 11 is 0. The van der Waals surface area contributed by atoms with Gasteiger partial charge in [0.05, 0.1) is 43.5 Å². The molecule has 0 aliphatic carbocycles. The van der Waals surface area contributed by atoms with E-state index in [0.717, 1.165) is 12.1 Å². The molecule has 0 aliphatic rings. The van der Waals surface area contributed by atoms with Crippen molar-refractivity contribution in [2.75, 3.05) is 0 Å². The molecule has 2 aromatic carbocycles. The van der Waals surface area contributed by atoms with Gasteiger partial charge >= 0.3 is 11.4 Å². The monoisotopic (exact) mass is 439 g/mol. The zero-order chi connectivity index (χ0) is 22.5. The highest BCUT2D eigenvalue weighted by Gasteiger charge is 2.26. The zero-order valence-electron chi connectivity index (χ0n) is 15.2. The van der Waals surface area contributed by atoms with E-state index in [-0.39, 0.29) is 32.7 Å². The van der Waals surface area contributed by atoms with Crippen LogP contribution in [0.15, 0.2) is 47.5 Å². The van der Waals surface area contributed by atoms with Crippen LogP contribution in [0.1, 0.15) is 5.56 Å². The Kier molecular flexibility index (Phi) is 4.34. The molecule has 0 radical (unpaired) electrons. The van der Waals surface area contributed by atoms with Crippen molar-refractivity contribution in [3.05, 3.63) is 68.4 Å². The molecule has 0 spiro atoms. The van der Waals surface area contributed by atoms with Crippen molar-refractivity contribution in [2.45, 2.75) is 4.90 Å². The van der Waals surface area contributed by atoms with E-state index in [4.69, 9.17) is 5.14 Å². The van der Waals surface area contributed by atoms with E-state index >= 15 is 0 Å². The van der Waals surface area contributed by atoms with Crippen LogP contribution in [-0.4, -0.2) is 32.8 Å². The highest BCUT2D eigenvalue weighted by Crippen LogP contribution is 2.32. The fraction of sp³-hybridized carbons (Fsp3) is 0. The summed E-state index contributed by atoms with van der Waals surface area (Å²) in [5.74, 6) is 0. The molecule has 0 fully saturated rings. The number of hydrogen-bond acceptors (Lipinski definition) is 9. The minimum absolute atomic E-state index is 0.00335. The van der Waals surface area contributed by atoms with E-state index in [0.29, 0.717) is 5.69 Å². The molecule has 0 atom stereocenters. The summed E-state index contributed by atoms with van der Waals surface area (Å²) in [5.41, 5.74) is -0.697. The van der Waals surface area contributed by atoms with Gasteiger partial charge in [-0.25, -0.2) is 23.5 Å². The van der Waals surface area contributed by atoms with Crippen molar-refractivity contribution in [1.29, 1.82) is 5.26 Å². The number of rotatable bonds is 4. The molecule has 0 saturated heterocycles. The molecule has 31 heavy (non-hydrogen) atoms. The van der Waals surface area contributed by atoms with E-state index in [2.05, 4.69) is 9.97 Å². The summed E-state index contributed by atoms with van der Waals surface area (Å²) < 4.78 is 24.4. The number of aromatic nitrogens is 3. The second-order valence-electron chi connectivity index (χ2n) is 6.30. The Bertz CT molecular complexity index is 1570. The molecular formula is C17H9N7O6S. The fourth-order valence-corrected chi connectivity index (χ4v) is 3.55. The fourth-order valence-electron chi connectivity index (χ4n) is 3.04. The third kappa shape index (κ3) is 3.29. The quantitative estimate of drug-likeness (QED) is 0.364. The Morgan fingerprint density at radius 3 is 2.03 bits per heavy atom. The number of hydrogen-bond donors (Lipinski definition) is 1. The highest BCUT2D eigenvalue weighted by molar-refractivity contribution is 7.89. The van der Waals surface area contributed by atoms with Crippen molar-refractivity contribution in [3.8, 4) is 11.8 Å². The maximum Gasteiger partial charge on any atom is 0.348 e. The average molecular weight is 439 g/mol. The van der Waals surface area contributed by atoms with Crippen molar-refractivity contribution >= 4 is 43.6 Å². The summed E-state index contributed by atoms with van der Waals surface area (Å²) in [4.78, 5) is 29.1. The molecule has 2 N–H and O–H groups in total. The van der Waals surface area contributed by atoms with Crippen LogP contribution in [-0.2, 0) is 10.0 Å². The molecule has 0 aliphatic heterocycles. The van der Waals surface area contributed by atoms with Gasteiger partial charge in [0.25, 0.3) is 0 Å². The molecule has 4 rings (SSSR count). The predicted molar refractivity (Wildman–Crippen MR) is 106 cm³/mol. The molecule has 0 unspecified atom stereocenters. The molecule has 0 bridgehead atoms. The maximum absolute atomic E-state index is 11.5. The third-order valence-corrected chi connectivity index (χ3v) is 5.37. The van der Waals surface area contributed by atoms with Gasteiger partial charge in [0.15, 0.2) is 5.65 Å². The minimum Gasteiger partial charge on any atom is -0.299 e. The van der Waals surface area contributed by atoms with Crippen LogP contribution in [0.2, 0.25) is 0 Å². The average Bonchev–Trinajstić information content (AvgIpc) is 3.08. The predicted octanol–water partition coefficient (Wildman–Crippen LogP) is 1.91. The number of nitriles is 1. The van der Waals surface area contributed by atoms with Crippen LogP contribution in [0.4, 0.5) is 11.4 Å². The first-order valence-corrected chi connectivity index (χ1v) is 9.84. The number of primary sulfonamides is 1. The van der Waals surface area contributed by atoms with Gasteiger partial charge in [0.1, 0.15) is 11.6 Å². The number of nitro benzene ring substituents is 2. The SMILES string of the molecule is N#Cc1cn(-c2ccc(S(N)(=O)=O)cc2)c2nc3cc([N+](=O)[O-])c([N+](=O)[O-])cc3nc12. The van der Waals surface area contributed by atoms with Crippen LogP contribution < -0.4 is 5.14 Å². The van der Waals surface area contributed by atoms with Crippen LogP contribution in [0, 0.1) is 31.6 Å². The van der Waals surface area contributed by atoms with Crippen LogP contribution in [0.25, 0.3) is 27.9 Å². The van der Waals surface area contributed by atoms with Gasteiger partial charge in [-0.15, -0.1) is 0 Å². The number of nitrogens with two attached hydrogens (primary N) is 1. The Hall–Kier alpha value is -4.48. The summed E-state index contributed by atoms with van der Waals surface area (Å²) in [6, 6.07) is 9.22. The van der Waals surface area contributed by atoms with E-state index in [1.165, 1.54) is 35.0 Å². The molecule has 2 heterocycles. The zero-order valence-corrected chi connectivity index (χ0v) is 16.0. The summed E-state index contributed by atoms with van der Waals surface area (Å²) in [6.07, 6.45) is 1.40. The number of nitrogens with zero attached hydrogens (tertiary/aromatic N) is 6. The smallest absolute Gasteiger partial charge is 0.299 e. The molecule has 13 nitrogen and oxygen atoms in total. The van der Waals surface area contributed by atoms with Gasteiger partial charge < -0.3 is 0 Å². The number of sulfonamides is 1. The van der Waals surface area contributed by atoms with Gasteiger partial charge in [-0.05, 0) is 24.3 Å². The normalized spacial score (nSPS) is 11.5. The van der Waals surface area contributed by atoms with Gasteiger partial charge in [-0.2, -0.15) is 5.26 Å². The Labute approximate surface area is 172 Å². The topological polar surface area (TPSA) is 201 Å². The van der Waals surface area contributed by atoms with Gasteiger partial charge in [-0.3, -0.25) is 24.8 Å². The lowest BCUT2D eigenvalue weighted by Gasteiger charge is -2.06. The van der Waals surface area contributed by atoms with Gasteiger partial charge in [0, 0.05) is 11.9 Å². The Morgan fingerprint density at radius 1 is 1.00 bits per heavy atom. The Morgan fingerprint density at radius 2 is 1.55 bits per heavy atom. The second kappa shape index (κ2) is 6.79. The van der Waals surface area contributed by atoms with Crippen molar-refractivity contribution < 1.29 is 18.3 Å². The lowest BCUT2D eigenvalue weighted by Crippen LogP contribution is -2.12. The van der Waals surface area contributed by atoms with Gasteiger partial charge in [0.2, 0.25) is 10.0 Å². The van der Waals surface area contributed by atoms with Crippen LogP contribution in [0.5, 0.6) is 0 Å². The third-order valence-electron chi connectivity index (χ3n) is 4.44. The van der Waals surface area contributed by atoms with E-state index in [1.807, 2.05) is 6.07 Å². The summed E-state index contributed by atoms with van der Waals surface area (Å²) in [5, 5.41) is 37.0. The van der Waals surface area contributed by atoms with E-state index < -0.39 is 31.2 Å². The van der Waals surface area contributed by atoms with Gasteiger partial charge in [-0.1, -0.05) is 0 Å². The molecular weight excluding hydrogens is 430 g/mol. The van der Waals surface area contributed by atoms with Crippen molar-refractivity contribution in [3.63, 3.8) is 0 Å². The number of benzene rings is 2. The van der Waals surface area contributed by atoms with Crippen LogP contribution >= 0.6 is 0 Å². The largest absolute Gasteiger partial charge is 0.348 e. The van der Waals surface area contributed by atoms with E-state index in [9.17, 15) is 33.9 Å². The highest BCUT2D eigenvalue weighted by atomic mass is 32.2. The first kappa shape index (κ1) is 19.8. The lowest BCUT2D eigenvalue weighted by atomic mass is 10.2. The molecule has 0 amide bonds. The molecule has 14 heteroatoms. The number of fused-ring (bicyclic) bond motifs is 2. The first-order valence-electron chi connectivity index (χ1n) is 8.29. The second-order valence-corrected chi connectivity index (χ2v) is 7.86. The van der Waals surface area contributed by atoms with Crippen molar-refractivity contribution in [1.82, 2.24) is 14.5 Å². The Balaban J connectivity index is 2.01. The summed E-state index contributed by atoms with van der Waals surface area (Å²) in [7, 11) is -3.91. The molecule has 0 saturated carbocycles. The molecule has 154 valence electrons. The minimum atomic E-state index is -3.91. The standard InChI is InChI=1S/C17H9N7O6S/c18-7-9-8-22(10-1-3-11(4-2-10)31(19,29)30)17-16(9)20-12-5-14(23(25)26)15(24(27)28)6-13(12)21-17/h1-6,8H,(H2,19,29,30). The van der Waals surface area contributed by atoms with Crippen molar-refractivity contribution in [2.24, 2.45) is 5.14 Å². The lowest BCUT2D eigenvalue weighted by molar-refractivity contribution is -0.422. The van der Waals surface area contributed by atoms with Crippen LogP contribution in [0.3, 0.4) is 0 Å². The van der Waals surface area contributed by atoms with E-state index in [1.54, 1.807) is 0 Å².